The van der Waals surface area contributed by atoms with E-state index in [2.05, 4.69) is 15.9 Å². The Balaban J connectivity index is 1.57. The van der Waals surface area contributed by atoms with E-state index in [9.17, 15) is 9.59 Å². The van der Waals surface area contributed by atoms with E-state index in [1.54, 1.807) is 49.6 Å². The lowest BCUT2D eigenvalue weighted by Crippen LogP contribution is -2.17. The topological polar surface area (TPSA) is 71.1 Å². The fraction of sp³-hybridized carbons (Fsp3) is 0.300. The standard InChI is InChI=1S/C20H19BrO6/c1-24-18-9-6-14(11-17(18)21)20(23)27-15-7-4-13(5-8-15)19(22)26-12-16-3-2-10-25-16/h4-9,11,16H,2-3,10,12H2,1H3. The van der Waals surface area contributed by atoms with E-state index in [0.717, 1.165) is 12.8 Å². The summed E-state index contributed by atoms with van der Waals surface area (Å²) in [5.41, 5.74) is 0.766. The van der Waals surface area contributed by atoms with Crippen LogP contribution in [0.2, 0.25) is 0 Å². The number of benzene rings is 2. The molecule has 1 saturated heterocycles. The predicted molar refractivity (Wildman–Crippen MR) is 101 cm³/mol. The highest BCUT2D eigenvalue weighted by atomic mass is 79.9. The lowest BCUT2D eigenvalue weighted by atomic mass is 10.2. The number of methoxy groups -OCH3 is 1. The Morgan fingerprint density at radius 2 is 1.85 bits per heavy atom. The van der Waals surface area contributed by atoms with Gasteiger partial charge in [-0.2, -0.15) is 0 Å². The summed E-state index contributed by atoms with van der Waals surface area (Å²) in [7, 11) is 1.55. The molecule has 1 aliphatic rings. The Bertz CT molecular complexity index is 812. The normalized spacial score (nSPS) is 16.0. The summed E-state index contributed by atoms with van der Waals surface area (Å²) in [6, 6.07) is 11.1. The first kappa shape index (κ1) is 19.4. The molecule has 0 amide bonds. The van der Waals surface area contributed by atoms with Gasteiger partial charge < -0.3 is 18.9 Å². The van der Waals surface area contributed by atoms with Crippen molar-refractivity contribution in [1.82, 2.24) is 0 Å². The lowest BCUT2D eigenvalue weighted by Gasteiger charge is -2.10. The van der Waals surface area contributed by atoms with Crippen molar-refractivity contribution in [3.05, 3.63) is 58.1 Å². The van der Waals surface area contributed by atoms with Crippen LogP contribution in [0.4, 0.5) is 0 Å². The second-order valence-corrected chi connectivity index (χ2v) is 6.85. The summed E-state index contributed by atoms with van der Waals surface area (Å²) in [4.78, 5) is 24.3. The van der Waals surface area contributed by atoms with Gasteiger partial charge in [-0.15, -0.1) is 0 Å². The molecule has 0 aromatic heterocycles. The van der Waals surface area contributed by atoms with Crippen LogP contribution in [-0.4, -0.2) is 38.4 Å². The van der Waals surface area contributed by atoms with E-state index in [0.29, 0.717) is 33.7 Å². The maximum Gasteiger partial charge on any atom is 0.343 e. The Morgan fingerprint density at radius 1 is 1.11 bits per heavy atom. The van der Waals surface area contributed by atoms with E-state index in [-0.39, 0.29) is 12.7 Å². The molecule has 3 rings (SSSR count). The highest BCUT2D eigenvalue weighted by Gasteiger charge is 2.18. The fourth-order valence-electron chi connectivity index (χ4n) is 2.65. The number of rotatable bonds is 6. The molecule has 1 heterocycles. The Morgan fingerprint density at radius 3 is 2.48 bits per heavy atom. The van der Waals surface area contributed by atoms with Gasteiger partial charge >= 0.3 is 11.9 Å². The predicted octanol–water partition coefficient (Wildman–Crippen LogP) is 4.01. The SMILES string of the molecule is COc1ccc(C(=O)Oc2ccc(C(=O)OCC3CCCO3)cc2)cc1Br. The van der Waals surface area contributed by atoms with E-state index >= 15 is 0 Å². The molecule has 1 aliphatic heterocycles. The molecule has 0 aliphatic carbocycles. The molecule has 0 saturated carbocycles. The molecule has 0 bridgehead atoms. The van der Waals surface area contributed by atoms with Crippen molar-refractivity contribution >= 4 is 27.9 Å². The van der Waals surface area contributed by atoms with Crippen LogP contribution < -0.4 is 9.47 Å². The zero-order valence-corrected chi connectivity index (χ0v) is 16.4. The van der Waals surface area contributed by atoms with Gasteiger partial charge in [-0.05, 0) is 71.2 Å². The summed E-state index contributed by atoms with van der Waals surface area (Å²) >= 11 is 3.33. The Labute approximate surface area is 165 Å². The third-order valence-corrected chi connectivity index (χ3v) is 4.73. The molecule has 1 fully saturated rings. The van der Waals surface area contributed by atoms with Crippen molar-refractivity contribution in [1.29, 1.82) is 0 Å². The number of carbonyl (C=O) groups excluding carboxylic acids is 2. The average molecular weight is 435 g/mol. The molecule has 1 atom stereocenters. The van der Waals surface area contributed by atoms with Crippen LogP contribution in [0.15, 0.2) is 46.9 Å². The van der Waals surface area contributed by atoms with Gasteiger partial charge in [-0.1, -0.05) is 0 Å². The second-order valence-electron chi connectivity index (χ2n) is 6.00. The summed E-state index contributed by atoms with van der Waals surface area (Å²) in [5.74, 6) is 0.0227. The lowest BCUT2D eigenvalue weighted by molar-refractivity contribution is 0.0161. The Hall–Kier alpha value is -2.38. The number of esters is 2. The monoisotopic (exact) mass is 434 g/mol. The minimum Gasteiger partial charge on any atom is -0.496 e. The molecule has 2 aromatic carbocycles. The molecule has 7 heteroatoms. The molecule has 0 N–H and O–H groups in total. The van der Waals surface area contributed by atoms with Crippen LogP contribution in [0, 0.1) is 0 Å². The highest BCUT2D eigenvalue weighted by molar-refractivity contribution is 9.10. The number of hydrogen-bond donors (Lipinski definition) is 0. The van der Waals surface area contributed by atoms with Gasteiger partial charge in [0.15, 0.2) is 0 Å². The molecule has 0 radical (unpaired) electrons. The molecule has 2 aromatic rings. The van der Waals surface area contributed by atoms with Crippen molar-refractivity contribution in [3.8, 4) is 11.5 Å². The third kappa shape index (κ3) is 5.08. The van der Waals surface area contributed by atoms with E-state index in [4.69, 9.17) is 18.9 Å². The third-order valence-electron chi connectivity index (χ3n) is 4.11. The molecule has 0 spiro atoms. The van der Waals surface area contributed by atoms with Crippen molar-refractivity contribution < 1.29 is 28.5 Å². The van der Waals surface area contributed by atoms with Crippen LogP contribution in [0.5, 0.6) is 11.5 Å². The fourth-order valence-corrected chi connectivity index (χ4v) is 3.19. The summed E-state index contributed by atoms with van der Waals surface area (Å²) < 4.78 is 21.8. The summed E-state index contributed by atoms with van der Waals surface area (Å²) in [5, 5.41) is 0. The molecular formula is C20H19BrO6. The Kier molecular flexibility index (Phi) is 6.47. The smallest absolute Gasteiger partial charge is 0.343 e. The maximum atomic E-state index is 12.2. The van der Waals surface area contributed by atoms with Crippen molar-refractivity contribution in [2.45, 2.75) is 18.9 Å². The zero-order valence-electron chi connectivity index (χ0n) is 14.8. The van der Waals surface area contributed by atoms with Gasteiger partial charge in [0.2, 0.25) is 0 Å². The number of ether oxygens (including phenoxy) is 4. The van der Waals surface area contributed by atoms with Gasteiger partial charge in [0.1, 0.15) is 18.1 Å². The van der Waals surface area contributed by atoms with Crippen LogP contribution in [0.3, 0.4) is 0 Å². The van der Waals surface area contributed by atoms with E-state index < -0.39 is 11.9 Å². The van der Waals surface area contributed by atoms with Gasteiger partial charge in [0.05, 0.1) is 28.8 Å². The van der Waals surface area contributed by atoms with Crippen molar-refractivity contribution in [2.75, 3.05) is 20.3 Å². The van der Waals surface area contributed by atoms with Gasteiger partial charge in [-0.25, -0.2) is 9.59 Å². The van der Waals surface area contributed by atoms with Crippen molar-refractivity contribution in [3.63, 3.8) is 0 Å². The summed E-state index contributed by atoms with van der Waals surface area (Å²) in [6.45, 7) is 0.967. The quantitative estimate of drug-likeness (QED) is 0.505. The minimum absolute atomic E-state index is 0.0157. The second kappa shape index (κ2) is 9.01. The molecule has 142 valence electrons. The van der Waals surface area contributed by atoms with Crippen LogP contribution in [-0.2, 0) is 9.47 Å². The maximum absolute atomic E-state index is 12.2. The van der Waals surface area contributed by atoms with Crippen LogP contribution >= 0.6 is 15.9 Å². The zero-order chi connectivity index (χ0) is 19.2. The van der Waals surface area contributed by atoms with Crippen molar-refractivity contribution in [2.24, 2.45) is 0 Å². The van der Waals surface area contributed by atoms with E-state index in [1.807, 2.05) is 0 Å². The highest BCUT2D eigenvalue weighted by Crippen LogP contribution is 2.26. The van der Waals surface area contributed by atoms with Crippen LogP contribution in [0.1, 0.15) is 33.6 Å². The average Bonchev–Trinajstić information content (AvgIpc) is 3.20. The minimum atomic E-state index is -0.507. The van der Waals surface area contributed by atoms with Crippen LogP contribution in [0.25, 0.3) is 0 Å². The van der Waals surface area contributed by atoms with Gasteiger partial charge in [-0.3, -0.25) is 0 Å². The number of carbonyl (C=O) groups is 2. The van der Waals surface area contributed by atoms with E-state index in [1.165, 1.54) is 0 Å². The molecule has 27 heavy (non-hydrogen) atoms. The largest absolute Gasteiger partial charge is 0.496 e. The first-order valence-corrected chi connectivity index (χ1v) is 9.30. The summed E-state index contributed by atoms with van der Waals surface area (Å²) in [6.07, 6.45) is 1.88. The molecular weight excluding hydrogens is 416 g/mol. The molecule has 6 nitrogen and oxygen atoms in total. The first-order chi connectivity index (χ1) is 13.1. The first-order valence-electron chi connectivity index (χ1n) is 8.51. The number of halogens is 1. The number of hydrogen-bond acceptors (Lipinski definition) is 6. The molecule has 1 unspecified atom stereocenters. The van der Waals surface area contributed by atoms with Gasteiger partial charge in [0, 0.05) is 6.61 Å². The van der Waals surface area contributed by atoms with Gasteiger partial charge in [0.25, 0.3) is 0 Å².